The average molecular weight is 453 g/mol. The molecule has 0 spiro atoms. The number of carbonyl (C=O) groups is 2. The number of carbonyl (C=O) groups excluding carboxylic acids is 2. The van der Waals surface area contributed by atoms with Crippen LogP contribution in [0.5, 0.6) is 0 Å². The van der Waals surface area contributed by atoms with Crippen LogP contribution in [-0.2, 0) is 4.79 Å². The Morgan fingerprint density at radius 3 is 2.53 bits per heavy atom. The first-order valence-corrected chi connectivity index (χ1v) is 9.91. The van der Waals surface area contributed by atoms with Crippen molar-refractivity contribution in [2.75, 3.05) is 19.6 Å². The van der Waals surface area contributed by atoms with Gasteiger partial charge in [0.1, 0.15) is 0 Å². The Morgan fingerprint density at radius 2 is 1.87 bits per heavy atom. The van der Waals surface area contributed by atoms with Crippen molar-refractivity contribution in [1.29, 1.82) is 0 Å². The first kappa shape index (κ1) is 25.9. The van der Waals surface area contributed by atoms with E-state index < -0.39 is 0 Å². The Bertz CT molecular complexity index is 833. The van der Waals surface area contributed by atoms with E-state index in [1.807, 2.05) is 54.3 Å². The van der Waals surface area contributed by atoms with E-state index in [-0.39, 0.29) is 42.7 Å². The molecule has 1 fully saturated rings. The Hall–Kier alpha value is -2.15. The molecule has 1 unspecified atom stereocenters. The van der Waals surface area contributed by atoms with E-state index in [2.05, 4.69) is 10.3 Å². The molecule has 1 aliphatic rings. The van der Waals surface area contributed by atoms with Crippen LogP contribution >= 0.6 is 24.8 Å². The third kappa shape index (κ3) is 6.42. The first-order valence-electron chi connectivity index (χ1n) is 9.91. The molecule has 2 heterocycles. The molecule has 30 heavy (non-hydrogen) atoms. The molecule has 2 aromatic rings. The lowest BCUT2D eigenvalue weighted by molar-refractivity contribution is -0.121. The van der Waals surface area contributed by atoms with Gasteiger partial charge in [0.05, 0.1) is 17.0 Å². The van der Waals surface area contributed by atoms with Gasteiger partial charge >= 0.3 is 0 Å². The fourth-order valence-electron chi connectivity index (χ4n) is 3.64. The summed E-state index contributed by atoms with van der Waals surface area (Å²) in [6.07, 6.45) is 3.24. The Balaban J connectivity index is 0.00000225. The van der Waals surface area contributed by atoms with Crippen molar-refractivity contribution in [1.82, 2.24) is 15.2 Å². The lowest BCUT2D eigenvalue weighted by atomic mass is 10.00. The first-order chi connectivity index (χ1) is 13.6. The van der Waals surface area contributed by atoms with Crippen LogP contribution in [0.1, 0.15) is 41.7 Å². The van der Waals surface area contributed by atoms with Gasteiger partial charge in [-0.05, 0) is 38.3 Å². The number of halogens is 2. The summed E-state index contributed by atoms with van der Waals surface area (Å²) in [4.78, 5) is 31.5. The van der Waals surface area contributed by atoms with Crippen molar-refractivity contribution in [3.8, 4) is 11.3 Å². The summed E-state index contributed by atoms with van der Waals surface area (Å²) in [5, 5.41) is 2.91. The van der Waals surface area contributed by atoms with Crippen molar-refractivity contribution in [2.24, 2.45) is 5.73 Å². The van der Waals surface area contributed by atoms with Crippen LogP contribution in [0.2, 0.25) is 0 Å². The van der Waals surface area contributed by atoms with Crippen LogP contribution in [0.4, 0.5) is 0 Å². The standard InChI is InChI=1S/C22H28N4O2.2ClH/c1-16-19(10-11-20(25-16)17-7-3-2-4-8-17)22(28)26-14-6-5-9-18(26)15-24-21(27)12-13-23;;/h2-4,7-8,10-11,18H,5-6,9,12-15,23H2,1H3,(H,24,27);2*1H. The molecule has 6 nitrogen and oxygen atoms in total. The van der Waals surface area contributed by atoms with Gasteiger partial charge in [-0.1, -0.05) is 30.3 Å². The van der Waals surface area contributed by atoms with Gasteiger partial charge < -0.3 is 16.0 Å². The van der Waals surface area contributed by atoms with Gasteiger partial charge in [-0.25, -0.2) is 0 Å². The second-order valence-electron chi connectivity index (χ2n) is 7.19. The maximum absolute atomic E-state index is 13.2. The molecule has 1 atom stereocenters. The molecule has 0 aliphatic carbocycles. The van der Waals surface area contributed by atoms with Gasteiger partial charge in [0.2, 0.25) is 5.91 Å². The van der Waals surface area contributed by atoms with E-state index in [0.29, 0.717) is 31.6 Å². The molecule has 1 saturated heterocycles. The van der Waals surface area contributed by atoms with Crippen molar-refractivity contribution in [2.45, 2.75) is 38.6 Å². The molecular weight excluding hydrogens is 423 g/mol. The number of piperidine rings is 1. The molecule has 0 saturated carbocycles. The summed E-state index contributed by atoms with van der Waals surface area (Å²) in [6, 6.07) is 13.7. The zero-order valence-corrected chi connectivity index (χ0v) is 18.8. The number of nitrogens with one attached hydrogen (secondary N) is 1. The SMILES string of the molecule is Cc1nc(-c2ccccc2)ccc1C(=O)N1CCCCC1CNC(=O)CCN.Cl.Cl. The van der Waals surface area contributed by atoms with E-state index in [0.717, 1.165) is 36.2 Å². The number of rotatable bonds is 6. The maximum Gasteiger partial charge on any atom is 0.256 e. The molecule has 164 valence electrons. The highest BCUT2D eigenvalue weighted by atomic mass is 35.5. The van der Waals surface area contributed by atoms with Crippen LogP contribution in [0.25, 0.3) is 11.3 Å². The second-order valence-corrected chi connectivity index (χ2v) is 7.19. The van der Waals surface area contributed by atoms with Crippen molar-refractivity contribution in [3.63, 3.8) is 0 Å². The minimum absolute atomic E-state index is 0. The summed E-state index contributed by atoms with van der Waals surface area (Å²) < 4.78 is 0. The fraction of sp³-hybridized carbons (Fsp3) is 0.409. The quantitative estimate of drug-likeness (QED) is 0.702. The number of amides is 2. The molecule has 8 heteroatoms. The number of nitrogens with zero attached hydrogens (tertiary/aromatic N) is 2. The Kier molecular flexibility index (Phi) is 10.8. The third-order valence-electron chi connectivity index (χ3n) is 5.18. The van der Waals surface area contributed by atoms with Gasteiger partial charge in [0.25, 0.3) is 5.91 Å². The molecule has 0 radical (unpaired) electrons. The van der Waals surface area contributed by atoms with E-state index in [9.17, 15) is 9.59 Å². The number of pyridine rings is 1. The minimum atomic E-state index is -0.0643. The average Bonchev–Trinajstić information content (AvgIpc) is 2.73. The molecular formula is C22H30Cl2N4O2. The Morgan fingerprint density at radius 1 is 1.13 bits per heavy atom. The molecule has 3 N–H and O–H groups in total. The number of nitrogens with two attached hydrogens (primary N) is 1. The zero-order valence-electron chi connectivity index (χ0n) is 17.2. The van der Waals surface area contributed by atoms with Crippen molar-refractivity contribution in [3.05, 3.63) is 53.7 Å². The number of benzene rings is 1. The van der Waals surface area contributed by atoms with Crippen LogP contribution in [-0.4, -0.2) is 47.4 Å². The van der Waals surface area contributed by atoms with Gasteiger partial charge in [0.15, 0.2) is 0 Å². The summed E-state index contributed by atoms with van der Waals surface area (Å²) in [7, 11) is 0. The van der Waals surface area contributed by atoms with Crippen LogP contribution in [0.3, 0.4) is 0 Å². The monoisotopic (exact) mass is 452 g/mol. The zero-order chi connectivity index (χ0) is 19.9. The number of hydrogen-bond acceptors (Lipinski definition) is 4. The summed E-state index contributed by atoms with van der Waals surface area (Å²) in [6.45, 7) is 3.38. The smallest absolute Gasteiger partial charge is 0.256 e. The fourth-order valence-corrected chi connectivity index (χ4v) is 3.64. The van der Waals surface area contributed by atoms with Gasteiger partial charge in [-0.15, -0.1) is 24.8 Å². The van der Waals surface area contributed by atoms with E-state index >= 15 is 0 Å². The summed E-state index contributed by atoms with van der Waals surface area (Å²) in [5.41, 5.74) is 8.67. The number of aromatic nitrogens is 1. The Labute approximate surface area is 190 Å². The second kappa shape index (κ2) is 12.5. The highest BCUT2D eigenvalue weighted by molar-refractivity contribution is 5.96. The third-order valence-corrected chi connectivity index (χ3v) is 5.18. The van der Waals surface area contributed by atoms with Crippen molar-refractivity contribution >= 4 is 36.6 Å². The number of aryl methyl sites for hydroxylation is 1. The van der Waals surface area contributed by atoms with Crippen LogP contribution in [0.15, 0.2) is 42.5 Å². The lowest BCUT2D eigenvalue weighted by Gasteiger charge is -2.36. The topological polar surface area (TPSA) is 88.3 Å². The predicted molar refractivity (Wildman–Crippen MR) is 124 cm³/mol. The van der Waals surface area contributed by atoms with E-state index in [1.165, 1.54) is 0 Å². The highest BCUT2D eigenvalue weighted by Gasteiger charge is 2.28. The normalized spacial score (nSPS) is 15.5. The highest BCUT2D eigenvalue weighted by Crippen LogP contribution is 2.23. The maximum atomic E-state index is 13.2. The molecule has 2 amide bonds. The molecule has 1 aromatic carbocycles. The van der Waals surface area contributed by atoms with Gasteiger partial charge in [0, 0.05) is 37.7 Å². The van der Waals surface area contributed by atoms with Gasteiger partial charge in [-0.2, -0.15) is 0 Å². The largest absolute Gasteiger partial charge is 0.354 e. The molecule has 3 rings (SSSR count). The number of likely N-dealkylation sites (tertiary alicyclic amines) is 1. The van der Waals surface area contributed by atoms with E-state index in [1.54, 1.807) is 0 Å². The van der Waals surface area contributed by atoms with Crippen LogP contribution < -0.4 is 11.1 Å². The van der Waals surface area contributed by atoms with Crippen molar-refractivity contribution < 1.29 is 9.59 Å². The lowest BCUT2D eigenvalue weighted by Crippen LogP contribution is -2.49. The van der Waals surface area contributed by atoms with Gasteiger partial charge in [-0.3, -0.25) is 14.6 Å². The van der Waals surface area contributed by atoms with Crippen LogP contribution in [0, 0.1) is 6.92 Å². The number of hydrogen-bond donors (Lipinski definition) is 2. The molecule has 1 aromatic heterocycles. The molecule has 1 aliphatic heterocycles. The molecule has 0 bridgehead atoms. The summed E-state index contributed by atoms with van der Waals surface area (Å²) >= 11 is 0. The summed E-state index contributed by atoms with van der Waals surface area (Å²) in [5.74, 6) is -0.0760. The minimum Gasteiger partial charge on any atom is -0.354 e. The predicted octanol–water partition coefficient (Wildman–Crippen LogP) is 3.36. The van der Waals surface area contributed by atoms with E-state index in [4.69, 9.17) is 5.73 Å².